The van der Waals surface area contributed by atoms with Gasteiger partial charge in [0, 0.05) is 12.3 Å². The zero-order valence-electron chi connectivity index (χ0n) is 12.1. The van der Waals surface area contributed by atoms with Gasteiger partial charge in [-0.1, -0.05) is 6.07 Å². The predicted octanol–water partition coefficient (Wildman–Crippen LogP) is -0.500. The van der Waals surface area contributed by atoms with E-state index in [0.717, 1.165) is 0 Å². The summed E-state index contributed by atoms with van der Waals surface area (Å²) in [7, 11) is 0. The Labute approximate surface area is 127 Å². The quantitative estimate of drug-likeness (QED) is 0.476. The van der Waals surface area contributed by atoms with Gasteiger partial charge in [-0.3, -0.25) is 0 Å². The van der Waals surface area contributed by atoms with E-state index in [-0.39, 0.29) is 24.3 Å². The Balaban J connectivity index is 2.38. The Morgan fingerprint density at radius 2 is 1.77 bits per heavy atom. The van der Waals surface area contributed by atoms with Gasteiger partial charge in [0.2, 0.25) is 0 Å². The van der Waals surface area contributed by atoms with Crippen LogP contribution >= 0.6 is 0 Å². The highest BCUT2D eigenvalue weighted by Gasteiger charge is 2.43. The minimum Gasteiger partial charge on any atom is -0.507 e. The lowest BCUT2D eigenvalue weighted by atomic mass is 9.76. The lowest BCUT2D eigenvalue weighted by molar-refractivity contribution is -0.123. The van der Waals surface area contributed by atoms with Crippen LogP contribution in [0.1, 0.15) is 35.2 Å². The number of benzene rings is 1. The van der Waals surface area contributed by atoms with Gasteiger partial charge in [0.05, 0.1) is 31.0 Å². The first-order valence-corrected chi connectivity index (χ1v) is 7.09. The summed E-state index contributed by atoms with van der Waals surface area (Å²) in [6.07, 6.45) is -5.11. The fourth-order valence-electron chi connectivity index (χ4n) is 2.73. The maximum absolute atomic E-state index is 11.8. The molecule has 5 N–H and O–H groups in total. The highest BCUT2D eigenvalue weighted by atomic mass is 16.5. The molecular formula is C15H20O7. The summed E-state index contributed by atoms with van der Waals surface area (Å²) < 4.78 is 4.82. The lowest BCUT2D eigenvalue weighted by Gasteiger charge is -2.39. The first kappa shape index (κ1) is 16.7. The van der Waals surface area contributed by atoms with Gasteiger partial charge < -0.3 is 30.3 Å². The SMILES string of the molecule is CCOC(=O)c1cc(C2[C@@H](O)[C@@H](O)C[C@@H](O)[C@H]2O)ccc1O. The first-order chi connectivity index (χ1) is 10.4. The topological polar surface area (TPSA) is 127 Å². The van der Waals surface area contributed by atoms with Gasteiger partial charge in [-0.25, -0.2) is 4.79 Å². The predicted molar refractivity (Wildman–Crippen MR) is 75.4 cm³/mol. The molecule has 7 nitrogen and oxygen atoms in total. The van der Waals surface area contributed by atoms with Gasteiger partial charge in [0.15, 0.2) is 0 Å². The Hall–Kier alpha value is -1.67. The molecule has 0 amide bonds. The third kappa shape index (κ3) is 3.07. The Morgan fingerprint density at radius 3 is 2.32 bits per heavy atom. The van der Waals surface area contributed by atoms with Crippen molar-refractivity contribution < 1.29 is 35.1 Å². The Morgan fingerprint density at radius 1 is 1.18 bits per heavy atom. The zero-order valence-corrected chi connectivity index (χ0v) is 12.1. The fraction of sp³-hybridized carbons (Fsp3) is 0.533. The van der Waals surface area contributed by atoms with Crippen LogP contribution in [0, 0.1) is 0 Å². The van der Waals surface area contributed by atoms with Crippen LogP contribution in [0.15, 0.2) is 18.2 Å². The summed E-state index contributed by atoms with van der Waals surface area (Å²) in [5.41, 5.74) is 0.215. The van der Waals surface area contributed by atoms with E-state index in [0.29, 0.717) is 5.56 Å². The smallest absolute Gasteiger partial charge is 0.341 e. The molecule has 1 fully saturated rings. The third-order valence-corrected chi connectivity index (χ3v) is 3.91. The number of hydrogen-bond donors (Lipinski definition) is 5. The van der Waals surface area contributed by atoms with E-state index < -0.39 is 36.3 Å². The van der Waals surface area contributed by atoms with Crippen molar-refractivity contribution in [2.75, 3.05) is 6.61 Å². The van der Waals surface area contributed by atoms with E-state index in [1.807, 2.05) is 0 Å². The molecule has 0 heterocycles. The number of aliphatic hydroxyl groups is 4. The van der Waals surface area contributed by atoms with Gasteiger partial charge in [0.1, 0.15) is 11.3 Å². The standard InChI is InChI=1S/C15H20O7/c1-2-22-15(21)8-5-7(3-4-9(8)16)12-13(19)10(17)6-11(18)14(12)20/h3-5,10-14,16-20H,2,6H2,1H3/t10-,11+,12?,13-,14+. The van der Waals surface area contributed by atoms with Gasteiger partial charge in [0.25, 0.3) is 0 Å². The molecule has 0 spiro atoms. The highest BCUT2D eigenvalue weighted by molar-refractivity contribution is 5.92. The molecule has 22 heavy (non-hydrogen) atoms. The maximum atomic E-state index is 11.8. The largest absolute Gasteiger partial charge is 0.507 e. The second-order valence-electron chi connectivity index (χ2n) is 5.37. The molecule has 1 aliphatic carbocycles. The van der Waals surface area contributed by atoms with Crippen molar-refractivity contribution >= 4 is 5.97 Å². The van der Waals surface area contributed by atoms with Crippen molar-refractivity contribution in [2.45, 2.75) is 43.7 Å². The summed E-state index contributed by atoms with van der Waals surface area (Å²) in [5, 5.41) is 49.4. The third-order valence-electron chi connectivity index (χ3n) is 3.91. The first-order valence-electron chi connectivity index (χ1n) is 7.09. The molecule has 0 aromatic heterocycles. The number of hydrogen-bond acceptors (Lipinski definition) is 7. The van der Waals surface area contributed by atoms with Crippen LogP contribution in [0.25, 0.3) is 0 Å². The number of ether oxygens (including phenoxy) is 1. The van der Waals surface area contributed by atoms with E-state index in [1.165, 1.54) is 18.2 Å². The van der Waals surface area contributed by atoms with E-state index in [9.17, 15) is 30.3 Å². The van der Waals surface area contributed by atoms with Gasteiger partial charge >= 0.3 is 5.97 Å². The van der Waals surface area contributed by atoms with Crippen LogP contribution in [-0.2, 0) is 4.74 Å². The molecule has 7 heteroatoms. The number of phenolic OH excluding ortho intramolecular Hbond substituents is 1. The molecule has 1 unspecified atom stereocenters. The van der Waals surface area contributed by atoms with E-state index >= 15 is 0 Å². The fourth-order valence-corrected chi connectivity index (χ4v) is 2.73. The van der Waals surface area contributed by atoms with Crippen LogP contribution in [0.3, 0.4) is 0 Å². The molecule has 0 bridgehead atoms. The Bertz CT molecular complexity index is 531. The molecule has 1 aromatic carbocycles. The second kappa shape index (κ2) is 6.62. The molecule has 0 aliphatic heterocycles. The van der Waals surface area contributed by atoms with E-state index in [2.05, 4.69) is 0 Å². The van der Waals surface area contributed by atoms with Crippen molar-refractivity contribution in [1.82, 2.24) is 0 Å². The summed E-state index contributed by atoms with van der Waals surface area (Å²) in [6.45, 7) is 1.76. The van der Waals surface area contributed by atoms with Crippen LogP contribution in [0.4, 0.5) is 0 Å². The monoisotopic (exact) mass is 312 g/mol. The maximum Gasteiger partial charge on any atom is 0.341 e. The van der Waals surface area contributed by atoms with Gasteiger partial charge in [-0.2, -0.15) is 0 Å². The summed E-state index contributed by atoms with van der Waals surface area (Å²) in [4.78, 5) is 11.8. The summed E-state index contributed by atoms with van der Waals surface area (Å²) in [5.74, 6) is -2.00. The number of carbonyl (C=O) groups is 1. The Kier molecular flexibility index (Phi) is 5.02. The zero-order chi connectivity index (χ0) is 16.4. The molecule has 1 aliphatic rings. The van der Waals surface area contributed by atoms with Crippen molar-refractivity contribution in [3.8, 4) is 5.75 Å². The van der Waals surface area contributed by atoms with Crippen molar-refractivity contribution in [3.63, 3.8) is 0 Å². The van der Waals surface area contributed by atoms with Crippen LogP contribution in [0.5, 0.6) is 5.75 Å². The number of rotatable bonds is 3. The number of phenols is 1. The molecule has 0 saturated heterocycles. The van der Waals surface area contributed by atoms with Crippen LogP contribution in [0.2, 0.25) is 0 Å². The number of aromatic hydroxyl groups is 1. The number of aliphatic hydroxyl groups excluding tert-OH is 4. The van der Waals surface area contributed by atoms with Crippen molar-refractivity contribution in [2.24, 2.45) is 0 Å². The number of carbonyl (C=O) groups excluding carboxylic acids is 1. The second-order valence-corrected chi connectivity index (χ2v) is 5.37. The average molecular weight is 312 g/mol. The highest BCUT2D eigenvalue weighted by Crippen LogP contribution is 2.35. The molecule has 2 rings (SSSR count). The molecule has 1 aromatic rings. The summed E-state index contributed by atoms with van der Waals surface area (Å²) in [6, 6.07) is 3.95. The minimum absolute atomic E-state index is 0.103. The van der Waals surface area contributed by atoms with Crippen molar-refractivity contribution in [1.29, 1.82) is 0 Å². The summed E-state index contributed by atoms with van der Waals surface area (Å²) >= 11 is 0. The number of esters is 1. The van der Waals surface area contributed by atoms with Gasteiger partial charge in [-0.15, -0.1) is 0 Å². The lowest BCUT2D eigenvalue weighted by Crippen LogP contribution is -2.50. The molecule has 122 valence electrons. The van der Waals surface area contributed by atoms with E-state index in [1.54, 1.807) is 6.92 Å². The molecule has 0 radical (unpaired) electrons. The molecule has 1 saturated carbocycles. The normalized spacial score (nSPS) is 31.8. The van der Waals surface area contributed by atoms with E-state index in [4.69, 9.17) is 4.74 Å². The minimum atomic E-state index is -1.29. The van der Waals surface area contributed by atoms with Crippen LogP contribution in [-0.4, -0.2) is 62.5 Å². The molecule has 5 atom stereocenters. The van der Waals surface area contributed by atoms with Crippen molar-refractivity contribution in [3.05, 3.63) is 29.3 Å². The average Bonchev–Trinajstić information content (AvgIpc) is 2.47. The van der Waals surface area contributed by atoms with Crippen LogP contribution < -0.4 is 0 Å². The van der Waals surface area contributed by atoms with Gasteiger partial charge in [-0.05, 0) is 24.6 Å². The molecular weight excluding hydrogens is 292 g/mol.